The predicted octanol–water partition coefficient (Wildman–Crippen LogP) is 3.82. The number of allylic oxidation sites excluding steroid dienone is 1. The van der Waals surface area contributed by atoms with Gasteiger partial charge in [0.2, 0.25) is 0 Å². The molecular weight excluding hydrogens is 320 g/mol. The van der Waals surface area contributed by atoms with Crippen molar-refractivity contribution in [3.63, 3.8) is 0 Å². The van der Waals surface area contributed by atoms with Gasteiger partial charge in [-0.2, -0.15) is 0 Å². The molecule has 1 aliphatic carbocycles. The van der Waals surface area contributed by atoms with Crippen molar-refractivity contribution >= 4 is 5.97 Å². The molecule has 2 saturated heterocycles. The maximum Gasteiger partial charge on any atom is 0.334 e. The molecule has 1 aromatic heterocycles. The minimum atomic E-state index is -0.472. The van der Waals surface area contributed by atoms with Crippen LogP contribution in [0.5, 0.6) is 0 Å². The van der Waals surface area contributed by atoms with Gasteiger partial charge in [0.1, 0.15) is 12.2 Å². The zero-order chi connectivity index (χ0) is 17.2. The Morgan fingerprint density at radius 2 is 2.12 bits per heavy atom. The molecule has 0 saturated carbocycles. The summed E-state index contributed by atoms with van der Waals surface area (Å²) in [6.07, 6.45) is 10.3. The number of hydrogen-bond donors (Lipinski definition) is 0. The summed E-state index contributed by atoms with van der Waals surface area (Å²) in [6, 6.07) is 1.93. The van der Waals surface area contributed by atoms with Crippen molar-refractivity contribution in [1.29, 1.82) is 0 Å². The smallest absolute Gasteiger partial charge is 0.334 e. The largest absolute Gasteiger partial charge is 0.493 e. The molecule has 4 aliphatic rings. The fourth-order valence-corrected chi connectivity index (χ4v) is 4.88. The van der Waals surface area contributed by atoms with Gasteiger partial charge in [0.05, 0.1) is 35.9 Å². The van der Waals surface area contributed by atoms with E-state index in [1.54, 1.807) is 12.5 Å². The van der Waals surface area contributed by atoms with Gasteiger partial charge in [-0.25, -0.2) is 4.79 Å². The SMILES string of the molecule is C[C@@]12C3=CCC[C@H]1O[C@](C)(C1=CO[C@@H](c4ccoc4)C1)C[C@@H]2OC3=O. The van der Waals surface area contributed by atoms with Gasteiger partial charge in [-0.05, 0) is 38.3 Å². The van der Waals surface area contributed by atoms with Crippen molar-refractivity contribution in [2.75, 3.05) is 0 Å². The van der Waals surface area contributed by atoms with E-state index < -0.39 is 5.60 Å². The standard InChI is InChI=1S/C20H22O5/c1-19(13-8-15(23-11-13)12-6-7-22-10-12)9-17-20(2)14(18(21)24-17)4-3-5-16(20)25-19/h4,6-7,10-11,15-17H,3,5,8-9H2,1-2H3/t15-,16-,17+,19+,20-/m1/s1. The molecule has 132 valence electrons. The molecule has 0 spiro atoms. The van der Waals surface area contributed by atoms with Gasteiger partial charge in [0.25, 0.3) is 0 Å². The van der Waals surface area contributed by atoms with Crippen molar-refractivity contribution < 1.29 is 23.4 Å². The lowest BCUT2D eigenvalue weighted by atomic mass is 9.64. The summed E-state index contributed by atoms with van der Waals surface area (Å²) in [5, 5.41) is 0. The van der Waals surface area contributed by atoms with E-state index >= 15 is 0 Å². The van der Waals surface area contributed by atoms with E-state index in [1.807, 2.05) is 18.4 Å². The monoisotopic (exact) mass is 342 g/mol. The molecule has 2 fully saturated rings. The van der Waals surface area contributed by atoms with Gasteiger partial charge < -0.3 is 18.6 Å². The Labute approximate surface area is 146 Å². The topological polar surface area (TPSA) is 57.9 Å². The highest BCUT2D eigenvalue weighted by atomic mass is 16.6. The van der Waals surface area contributed by atoms with Gasteiger partial charge in [-0.15, -0.1) is 0 Å². The van der Waals surface area contributed by atoms with E-state index in [2.05, 4.69) is 13.8 Å². The molecule has 0 radical (unpaired) electrons. The molecule has 5 rings (SSSR count). The lowest BCUT2D eigenvalue weighted by Crippen LogP contribution is -2.56. The highest BCUT2D eigenvalue weighted by Crippen LogP contribution is 2.57. The van der Waals surface area contributed by atoms with E-state index in [4.69, 9.17) is 18.6 Å². The first kappa shape index (κ1) is 15.3. The summed E-state index contributed by atoms with van der Waals surface area (Å²) >= 11 is 0. The Kier molecular flexibility index (Phi) is 3.06. The van der Waals surface area contributed by atoms with Crippen molar-refractivity contribution in [1.82, 2.24) is 0 Å². The molecule has 3 aliphatic heterocycles. The van der Waals surface area contributed by atoms with Gasteiger partial charge in [-0.1, -0.05) is 6.08 Å². The van der Waals surface area contributed by atoms with Crippen LogP contribution in [-0.4, -0.2) is 23.8 Å². The molecule has 5 heteroatoms. The van der Waals surface area contributed by atoms with Crippen LogP contribution in [0.25, 0.3) is 0 Å². The van der Waals surface area contributed by atoms with Gasteiger partial charge in [-0.3, -0.25) is 0 Å². The normalized spacial score (nSPS) is 42.3. The van der Waals surface area contributed by atoms with Crippen LogP contribution in [0.4, 0.5) is 0 Å². The molecule has 0 aromatic carbocycles. The second-order valence-electron chi connectivity index (χ2n) is 7.94. The summed E-state index contributed by atoms with van der Waals surface area (Å²) in [5.74, 6) is -0.169. The molecule has 0 N–H and O–H groups in total. The minimum Gasteiger partial charge on any atom is -0.493 e. The molecule has 1 aromatic rings. The van der Waals surface area contributed by atoms with Crippen LogP contribution in [0.15, 0.2) is 46.5 Å². The molecule has 0 amide bonds. The first-order valence-electron chi connectivity index (χ1n) is 8.97. The van der Waals surface area contributed by atoms with E-state index in [0.29, 0.717) is 6.42 Å². The van der Waals surface area contributed by atoms with Crippen LogP contribution >= 0.6 is 0 Å². The lowest BCUT2D eigenvalue weighted by Gasteiger charge is -2.51. The average Bonchev–Trinajstić information content (AvgIpc) is 3.29. The Morgan fingerprint density at radius 3 is 2.92 bits per heavy atom. The van der Waals surface area contributed by atoms with E-state index in [1.165, 1.54) is 0 Å². The molecule has 5 nitrogen and oxygen atoms in total. The number of ether oxygens (including phenoxy) is 3. The van der Waals surface area contributed by atoms with Gasteiger partial charge >= 0.3 is 5.97 Å². The van der Waals surface area contributed by atoms with Crippen LogP contribution in [0.2, 0.25) is 0 Å². The van der Waals surface area contributed by atoms with Crippen LogP contribution in [0.3, 0.4) is 0 Å². The molecule has 0 bridgehead atoms. The van der Waals surface area contributed by atoms with Crippen molar-refractivity contribution in [3.8, 4) is 0 Å². The highest BCUT2D eigenvalue weighted by Gasteiger charge is 2.62. The third kappa shape index (κ3) is 2.02. The Bertz CT molecular complexity index is 776. The summed E-state index contributed by atoms with van der Waals surface area (Å²) in [5.41, 5.74) is 2.17. The molecular formula is C20H22O5. The second-order valence-corrected chi connectivity index (χ2v) is 7.94. The minimum absolute atomic E-state index is 0.00317. The molecule has 25 heavy (non-hydrogen) atoms. The predicted molar refractivity (Wildman–Crippen MR) is 88.4 cm³/mol. The van der Waals surface area contributed by atoms with Crippen LogP contribution in [0.1, 0.15) is 51.2 Å². The van der Waals surface area contributed by atoms with Gasteiger partial charge in [0.15, 0.2) is 0 Å². The van der Waals surface area contributed by atoms with Gasteiger partial charge in [0, 0.05) is 24.0 Å². The summed E-state index contributed by atoms with van der Waals surface area (Å²) in [6.45, 7) is 4.22. The Hall–Kier alpha value is -2.01. The maximum atomic E-state index is 12.3. The van der Waals surface area contributed by atoms with Crippen molar-refractivity contribution in [2.24, 2.45) is 5.41 Å². The number of rotatable bonds is 2. The molecule has 4 heterocycles. The fourth-order valence-electron chi connectivity index (χ4n) is 4.88. The van der Waals surface area contributed by atoms with Crippen LogP contribution in [0, 0.1) is 5.41 Å². The summed E-state index contributed by atoms with van der Waals surface area (Å²) in [4.78, 5) is 12.3. The molecule has 0 unspecified atom stereocenters. The average molecular weight is 342 g/mol. The number of furan rings is 1. The second kappa shape index (κ2) is 5.01. The maximum absolute atomic E-state index is 12.3. The van der Waals surface area contributed by atoms with Crippen molar-refractivity contribution in [3.05, 3.63) is 47.6 Å². The Morgan fingerprint density at radius 1 is 1.24 bits per heavy atom. The third-order valence-corrected chi connectivity index (χ3v) is 6.52. The zero-order valence-corrected chi connectivity index (χ0v) is 14.5. The Balaban J connectivity index is 1.43. The third-order valence-electron chi connectivity index (χ3n) is 6.52. The van der Waals surface area contributed by atoms with Crippen LogP contribution in [-0.2, 0) is 19.0 Å². The molecule has 5 atom stereocenters. The van der Waals surface area contributed by atoms with E-state index in [-0.39, 0.29) is 29.7 Å². The quantitative estimate of drug-likeness (QED) is 0.765. The first-order chi connectivity index (χ1) is 12.0. The van der Waals surface area contributed by atoms with E-state index in [0.717, 1.165) is 36.0 Å². The zero-order valence-electron chi connectivity index (χ0n) is 14.5. The van der Waals surface area contributed by atoms with E-state index in [9.17, 15) is 4.79 Å². The van der Waals surface area contributed by atoms with Crippen molar-refractivity contribution in [2.45, 2.75) is 63.4 Å². The van der Waals surface area contributed by atoms with Crippen LogP contribution < -0.4 is 0 Å². The summed E-state index contributed by atoms with van der Waals surface area (Å²) in [7, 11) is 0. The number of carbonyl (C=O) groups is 1. The first-order valence-corrected chi connectivity index (χ1v) is 8.97. The number of hydrogen-bond acceptors (Lipinski definition) is 5. The highest BCUT2D eigenvalue weighted by molar-refractivity contribution is 5.93. The fraction of sp³-hybridized carbons (Fsp3) is 0.550. The lowest BCUT2D eigenvalue weighted by molar-refractivity contribution is -0.190. The number of esters is 1. The summed E-state index contributed by atoms with van der Waals surface area (Å²) < 4.78 is 23.4. The number of carbonyl (C=O) groups excluding carboxylic acids is 1.